The number of ether oxygens (including phenoxy) is 2. The van der Waals surface area contributed by atoms with Crippen LogP contribution in [-0.4, -0.2) is 18.0 Å². The van der Waals surface area contributed by atoms with Crippen molar-refractivity contribution in [3.63, 3.8) is 0 Å². The Hall–Kier alpha value is -3.81. The van der Waals surface area contributed by atoms with Crippen molar-refractivity contribution in [1.82, 2.24) is 0 Å². The molecule has 3 aromatic carbocycles. The average Bonchev–Trinajstić information content (AvgIpc) is 2.73. The molecule has 0 fully saturated rings. The molecule has 0 bridgehead atoms. The fraction of sp³-hybridized carbons (Fsp3) is 0.0952. The van der Waals surface area contributed by atoms with Crippen LogP contribution in [0.25, 0.3) is 0 Å². The Kier molecular flexibility index (Phi) is 5.82. The molecule has 0 aromatic heterocycles. The minimum atomic E-state index is -0.832. The van der Waals surface area contributed by atoms with Gasteiger partial charge in [0.2, 0.25) is 0 Å². The first-order valence-electron chi connectivity index (χ1n) is 8.43. The molecule has 0 amide bonds. The summed E-state index contributed by atoms with van der Waals surface area (Å²) >= 11 is 0. The van der Waals surface area contributed by atoms with Crippen LogP contribution >= 0.6 is 0 Å². The number of hydrogen-bond acceptors (Lipinski definition) is 5. The number of halogens is 2. The fourth-order valence-corrected chi connectivity index (χ4v) is 2.73. The van der Waals surface area contributed by atoms with Crippen LogP contribution in [0.5, 0.6) is 5.75 Å². The number of nitrogens with zero attached hydrogens (tertiary/aromatic N) is 1. The molecule has 0 aliphatic rings. The van der Waals surface area contributed by atoms with Gasteiger partial charge in [0, 0.05) is 12.1 Å². The van der Waals surface area contributed by atoms with Crippen molar-refractivity contribution in [3.8, 4) is 5.75 Å². The number of carbonyl (C=O) groups is 1. The minimum absolute atomic E-state index is 0.0288. The molecule has 0 atom stereocenters. The predicted molar refractivity (Wildman–Crippen MR) is 99.7 cm³/mol. The second-order valence-electron chi connectivity index (χ2n) is 6.03. The van der Waals surface area contributed by atoms with Gasteiger partial charge in [0.25, 0.3) is 5.69 Å². The Morgan fingerprint density at radius 3 is 1.90 bits per heavy atom. The molecule has 148 valence electrons. The van der Waals surface area contributed by atoms with Gasteiger partial charge in [-0.1, -0.05) is 24.3 Å². The molecule has 0 unspecified atom stereocenters. The van der Waals surface area contributed by atoms with Crippen LogP contribution in [0.15, 0.2) is 66.7 Å². The number of rotatable bonds is 6. The summed E-state index contributed by atoms with van der Waals surface area (Å²) in [6.45, 7) is 0. The van der Waals surface area contributed by atoms with Crippen molar-refractivity contribution in [2.75, 3.05) is 7.11 Å². The van der Waals surface area contributed by atoms with Crippen molar-refractivity contribution >= 4 is 11.7 Å². The molecular weight excluding hydrogens is 384 g/mol. The Bertz CT molecular complexity index is 990. The molecule has 3 aromatic rings. The van der Waals surface area contributed by atoms with Crippen LogP contribution in [0, 0.1) is 21.7 Å². The maximum Gasteiger partial charge on any atom is 0.341 e. The molecule has 3 rings (SSSR count). The molecular formula is C21H15F2NO5. The SMILES string of the molecule is COC(=O)c1cc([N+](=O)[O-])ccc1OC(c1ccc(F)cc1)c1ccc(F)cc1. The highest BCUT2D eigenvalue weighted by Crippen LogP contribution is 2.33. The van der Waals surface area contributed by atoms with Gasteiger partial charge in [-0.15, -0.1) is 0 Å². The minimum Gasteiger partial charge on any atom is -0.480 e. The lowest BCUT2D eigenvalue weighted by molar-refractivity contribution is -0.384. The van der Waals surface area contributed by atoms with Crippen molar-refractivity contribution in [1.29, 1.82) is 0 Å². The van der Waals surface area contributed by atoms with E-state index >= 15 is 0 Å². The van der Waals surface area contributed by atoms with E-state index in [2.05, 4.69) is 0 Å². The first-order valence-corrected chi connectivity index (χ1v) is 8.43. The summed E-state index contributed by atoms with van der Waals surface area (Å²) in [7, 11) is 1.14. The van der Waals surface area contributed by atoms with Crippen molar-refractivity contribution in [3.05, 3.63) is 105 Å². The number of benzene rings is 3. The number of non-ortho nitro benzene ring substituents is 1. The van der Waals surface area contributed by atoms with Gasteiger partial charge < -0.3 is 9.47 Å². The molecule has 29 heavy (non-hydrogen) atoms. The van der Waals surface area contributed by atoms with Gasteiger partial charge in [0.15, 0.2) is 0 Å². The standard InChI is InChI=1S/C21H15F2NO5/c1-28-21(25)18-12-17(24(26)27)10-11-19(18)29-20(13-2-6-15(22)7-3-13)14-4-8-16(23)9-5-14/h2-12,20H,1H3. The van der Waals surface area contributed by atoms with Crippen molar-refractivity contribution in [2.24, 2.45) is 0 Å². The number of nitro groups is 1. The third kappa shape index (κ3) is 4.55. The van der Waals surface area contributed by atoms with E-state index in [1.807, 2.05) is 0 Å². The second kappa shape index (κ2) is 8.47. The lowest BCUT2D eigenvalue weighted by Gasteiger charge is -2.21. The second-order valence-corrected chi connectivity index (χ2v) is 6.03. The zero-order valence-corrected chi connectivity index (χ0v) is 15.2. The van der Waals surface area contributed by atoms with Crippen molar-refractivity contribution < 1.29 is 28.0 Å². The molecule has 0 saturated carbocycles. The lowest BCUT2D eigenvalue weighted by Crippen LogP contribution is -2.13. The molecule has 0 aliphatic heterocycles. The number of hydrogen-bond donors (Lipinski definition) is 0. The van der Waals surface area contributed by atoms with Crippen LogP contribution < -0.4 is 4.74 Å². The average molecular weight is 399 g/mol. The van der Waals surface area contributed by atoms with Gasteiger partial charge in [0.05, 0.1) is 12.0 Å². The zero-order valence-electron chi connectivity index (χ0n) is 15.2. The van der Waals surface area contributed by atoms with Crippen LogP contribution in [0.1, 0.15) is 27.6 Å². The summed E-state index contributed by atoms with van der Waals surface area (Å²) in [5.41, 5.74) is 0.619. The van der Waals surface area contributed by atoms with E-state index in [4.69, 9.17) is 9.47 Å². The van der Waals surface area contributed by atoms with E-state index in [9.17, 15) is 23.7 Å². The summed E-state index contributed by atoms with van der Waals surface area (Å²) in [6.07, 6.45) is -0.832. The first kappa shape index (κ1) is 19.9. The van der Waals surface area contributed by atoms with E-state index in [1.165, 1.54) is 60.7 Å². The van der Waals surface area contributed by atoms with Gasteiger partial charge in [-0.2, -0.15) is 0 Å². The zero-order chi connectivity index (χ0) is 21.0. The van der Waals surface area contributed by atoms with Crippen LogP contribution in [-0.2, 0) is 4.74 Å². The monoisotopic (exact) mass is 399 g/mol. The summed E-state index contributed by atoms with van der Waals surface area (Å²) in [5, 5.41) is 11.0. The lowest BCUT2D eigenvalue weighted by atomic mass is 10.0. The molecule has 6 nitrogen and oxygen atoms in total. The van der Waals surface area contributed by atoms with E-state index in [-0.39, 0.29) is 17.0 Å². The Morgan fingerprint density at radius 2 is 1.45 bits per heavy atom. The molecule has 0 heterocycles. The topological polar surface area (TPSA) is 78.7 Å². The Labute approximate surface area is 164 Å². The third-order valence-electron chi connectivity index (χ3n) is 4.17. The van der Waals surface area contributed by atoms with Crippen LogP contribution in [0.4, 0.5) is 14.5 Å². The molecule has 0 aliphatic carbocycles. The van der Waals surface area contributed by atoms with Gasteiger partial charge in [-0.05, 0) is 41.5 Å². The number of nitro benzene ring substituents is 1. The van der Waals surface area contributed by atoms with Crippen LogP contribution in [0.2, 0.25) is 0 Å². The Morgan fingerprint density at radius 1 is 0.931 bits per heavy atom. The van der Waals surface area contributed by atoms with E-state index in [1.54, 1.807) is 0 Å². The highest BCUT2D eigenvalue weighted by atomic mass is 19.1. The van der Waals surface area contributed by atoms with Gasteiger partial charge in [0.1, 0.15) is 29.1 Å². The molecule has 0 N–H and O–H groups in total. The molecule has 8 heteroatoms. The van der Waals surface area contributed by atoms with E-state index < -0.39 is 28.6 Å². The first-order chi connectivity index (χ1) is 13.9. The summed E-state index contributed by atoms with van der Waals surface area (Å²) in [6, 6.07) is 14.5. The fourth-order valence-electron chi connectivity index (χ4n) is 2.73. The summed E-state index contributed by atoms with van der Waals surface area (Å²) in [4.78, 5) is 22.5. The number of methoxy groups -OCH3 is 1. The van der Waals surface area contributed by atoms with Gasteiger partial charge in [-0.25, -0.2) is 13.6 Å². The number of carbonyl (C=O) groups excluding carboxylic acids is 1. The van der Waals surface area contributed by atoms with E-state index in [0.717, 1.165) is 13.2 Å². The smallest absolute Gasteiger partial charge is 0.341 e. The van der Waals surface area contributed by atoms with Crippen molar-refractivity contribution in [2.45, 2.75) is 6.10 Å². The quantitative estimate of drug-likeness (QED) is 0.337. The maximum absolute atomic E-state index is 13.4. The van der Waals surface area contributed by atoms with Crippen LogP contribution in [0.3, 0.4) is 0 Å². The normalized spacial score (nSPS) is 10.6. The largest absolute Gasteiger partial charge is 0.480 e. The van der Waals surface area contributed by atoms with Gasteiger partial charge >= 0.3 is 5.97 Å². The Balaban J connectivity index is 2.08. The highest BCUT2D eigenvalue weighted by molar-refractivity contribution is 5.93. The maximum atomic E-state index is 13.4. The van der Waals surface area contributed by atoms with Gasteiger partial charge in [-0.3, -0.25) is 10.1 Å². The molecule has 0 radical (unpaired) electrons. The summed E-state index contributed by atoms with van der Waals surface area (Å²) < 4.78 is 37.4. The predicted octanol–water partition coefficient (Wildman–Crippen LogP) is 4.83. The summed E-state index contributed by atoms with van der Waals surface area (Å²) in [5.74, 6) is -1.68. The molecule has 0 spiro atoms. The third-order valence-corrected chi connectivity index (χ3v) is 4.17. The highest BCUT2D eigenvalue weighted by Gasteiger charge is 2.23. The molecule has 0 saturated heterocycles. The number of esters is 1. The van der Waals surface area contributed by atoms with E-state index in [0.29, 0.717) is 11.1 Å².